The van der Waals surface area contributed by atoms with Crippen LogP contribution in [0.4, 0.5) is 0 Å². The van der Waals surface area contributed by atoms with Gasteiger partial charge in [0.05, 0.1) is 26.2 Å². The van der Waals surface area contributed by atoms with Crippen molar-refractivity contribution in [3.8, 4) is 23.1 Å². The van der Waals surface area contributed by atoms with Gasteiger partial charge in [0, 0.05) is 48.9 Å². The van der Waals surface area contributed by atoms with Crippen molar-refractivity contribution in [3.63, 3.8) is 0 Å². The number of benzene rings is 1. The normalized spacial score (nSPS) is 14.0. The molecule has 0 amide bonds. The van der Waals surface area contributed by atoms with Crippen molar-refractivity contribution in [2.45, 2.75) is 26.4 Å². The Labute approximate surface area is 158 Å². The molecule has 3 aromatic rings. The zero-order valence-electron chi connectivity index (χ0n) is 15.9. The van der Waals surface area contributed by atoms with Gasteiger partial charge in [-0.3, -0.25) is 4.90 Å². The van der Waals surface area contributed by atoms with Gasteiger partial charge in [-0.1, -0.05) is 6.07 Å². The molecule has 3 heterocycles. The summed E-state index contributed by atoms with van der Waals surface area (Å²) in [4.78, 5) is 11.6. The van der Waals surface area contributed by atoms with E-state index < -0.39 is 0 Å². The lowest BCUT2D eigenvalue weighted by Crippen LogP contribution is -2.31. The van der Waals surface area contributed by atoms with Gasteiger partial charge in [-0.2, -0.15) is 0 Å². The third kappa shape index (κ3) is 3.40. The summed E-state index contributed by atoms with van der Waals surface area (Å²) in [5.41, 5.74) is 4.46. The molecule has 27 heavy (non-hydrogen) atoms. The van der Waals surface area contributed by atoms with Crippen molar-refractivity contribution >= 4 is 0 Å². The van der Waals surface area contributed by atoms with Gasteiger partial charge in [-0.25, -0.2) is 9.97 Å². The lowest BCUT2D eigenvalue weighted by Gasteiger charge is -2.29. The van der Waals surface area contributed by atoms with Gasteiger partial charge in [0.1, 0.15) is 11.5 Å². The monoisotopic (exact) mass is 365 g/mol. The maximum absolute atomic E-state index is 5.64. The summed E-state index contributed by atoms with van der Waals surface area (Å²) in [6.07, 6.45) is 4.45. The summed E-state index contributed by atoms with van der Waals surface area (Å²) >= 11 is 0. The van der Waals surface area contributed by atoms with Gasteiger partial charge < -0.3 is 13.9 Å². The number of rotatable bonds is 5. The third-order valence-corrected chi connectivity index (χ3v) is 5.01. The highest BCUT2D eigenvalue weighted by Gasteiger charge is 2.21. The summed E-state index contributed by atoms with van der Waals surface area (Å²) in [7, 11) is 3.39. The molecular weight excluding hydrogens is 342 g/mol. The second kappa shape index (κ2) is 7.40. The Balaban J connectivity index is 1.53. The number of hydrogen-bond donors (Lipinski definition) is 0. The van der Waals surface area contributed by atoms with E-state index >= 15 is 0 Å². The van der Waals surface area contributed by atoms with E-state index in [9.17, 15) is 0 Å². The van der Waals surface area contributed by atoms with E-state index in [2.05, 4.69) is 16.0 Å². The SMILES string of the molecule is COc1ccc(CN2CCc3nc(-c4ccco4)ncc3C2)c(OC)c1C. The molecule has 6 heteroatoms. The van der Waals surface area contributed by atoms with Crippen LogP contribution in [0.5, 0.6) is 11.5 Å². The molecule has 0 saturated heterocycles. The molecule has 0 bridgehead atoms. The number of ether oxygens (including phenoxy) is 2. The fourth-order valence-corrected chi connectivity index (χ4v) is 3.63. The van der Waals surface area contributed by atoms with Crippen molar-refractivity contribution in [2.75, 3.05) is 20.8 Å². The first-order chi connectivity index (χ1) is 13.2. The Bertz CT molecular complexity index is 938. The summed E-state index contributed by atoms with van der Waals surface area (Å²) in [5, 5.41) is 0. The standard InChI is InChI=1S/C21H23N3O3/c1-14-18(25-2)7-6-15(20(14)26-3)12-24-9-8-17-16(13-24)11-22-21(23-17)19-5-4-10-27-19/h4-7,10-11H,8-9,12-13H2,1-3H3. The minimum atomic E-state index is 0.652. The van der Waals surface area contributed by atoms with Crippen LogP contribution >= 0.6 is 0 Å². The van der Waals surface area contributed by atoms with E-state index in [1.54, 1.807) is 20.5 Å². The molecule has 0 aliphatic carbocycles. The maximum atomic E-state index is 5.64. The topological polar surface area (TPSA) is 60.6 Å². The molecule has 0 saturated carbocycles. The smallest absolute Gasteiger partial charge is 0.195 e. The van der Waals surface area contributed by atoms with Crippen LogP contribution in [0.1, 0.15) is 22.4 Å². The highest BCUT2D eigenvalue weighted by molar-refractivity contribution is 5.49. The van der Waals surface area contributed by atoms with Crippen molar-refractivity contribution in [3.05, 3.63) is 59.1 Å². The molecule has 0 N–H and O–H groups in total. The molecular formula is C21H23N3O3. The van der Waals surface area contributed by atoms with E-state index in [-0.39, 0.29) is 0 Å². The van der Waals surface area contributed by atoms with E-state index in [4.69, 9.17) is 18.9 Å². The highest BCUT2D eigenvalue weighted by atomic mass is 16.5. The predicted molar refractivity (Wildman–Crippen MR) is 102 cm³/mol. The first-order valence-corrected chi connectivity index (χ1v) is 9.01. The van der Waals surface area contributed by atoms with E-state index in [1.807, 2.05) is 31.3 Å². The van der Waals surface area contributed by atoms with E-state index in [0.29, 0.717) is 11.6 Å². The summed E-state index contributed by atoms with van der Waals surface area (Å²) < 4.78 is 16.5. The Kier molecular flexibility index (Phi) is 4.81. The van der Waals surface area contributed by atoms with Gasteiger partial charge >= 0.3 is 0 Å². The van der Waals surface area contributed by atoms with Crippen molar-refractivity contribution in [1.29, 1.82) is 0 Å². The number of methoxy groups -OCH3 is 2. The number of aromatic nitrogens is 2. The first-order valence-electron chi connectivity index (χ1n) is 9.01. The Morgan fingerprint density at radius 2 is 2.07 bits per heavy atom. The molecule has 140 valence electrons. The average Bonchev–Trinajstić information content (AvgIpc) is 3.23. The van der Waals surface area contributed by atoms with Crippen LogP contribution < -0.4 is 9.47 Å². The molecule has 0 radical (unpaired) electrons. The number of furan rings is 1. The summed E-state index contributed by atoms with van der Waals surface area (Å²) in [6, 6.07) is 7.82. The molecule has 1 aliphatic heterocycles. The molecule has 1 aliphatic rings. The second-order valence-electron chi connectivity index (χ2n) is 6.69. The fourth-order valence-electron chi connectivity index (χ4n) is 3.63. The molecule has 2 aromatic heterocycles. The Morgan fingerprint density at radius 1 is 1.19 bits per heavy atom. The molecule has 6 nitrogen and oxygen atoms in total. The van der Waals surface area contributed by atoms with Gasteiger partial charge in [-0.15, -0.1) is 0 Å². The maximum Gasteiger partial charge on any atom is 0.195 e. The molecule has 0 fully saturated rings. The quantitative estimate of drug-likeness (QED) is 0.688. The first kappa shape index (κ1) is 17.5. The molecule has 0 spiro atoms. The largest absolute Gasteiger partial charge is 0.496 e. The lowest BCUT2D eigenvalue weighted by atomic mass is 10.0. The van der Waals surface area contributed by atoms with Crippen molar-refractivity contribution in [1.82, 2.24) is 14.9 Å². The average molecular weight is 365 g/mol. The number of fused-ring (bicyclic) bond motifs is 1. The van der Waals surface area contributed by atoms with Gasteiger partial charge in [0.2, 0.25) is 0 Å². The van der Waals surface area contributed by atoms with Gasteiger partial charge in [0.25, 0.3) is 0 Å². The number of hydrogen-bond acceptors (Lipinski definition) is 6. The van der Waals surface area contributed by atoms with Crippen LogP contribution in [0.25, 0.3) is 11.6 Å². The highest BCUT2D eigenvalue weighted by Crippen LogP contribution is 2.33. The lowest BCUT2D eigenvalue weighted by molar-refractivity contribution is 0.239. The van der Waals surface area contributed by atoms with Crippen molar-refractivity contribution < 1.29 is 13.9 Å². The Hall–Kier alpha value is -2.86. The molecule has 1 aromatic carbocycles. The predicted octanol–water partition coefficient (Wildman–Crippen LogP) is 3.62. The van der Waals surface area contributed by atoms with Gasteiger partial charge in [0.15, 0.2) is 11.6 Å². The van der Waals surface area contributed by atoms with Crippen LogP contribution in [0.2, 0.25) is 0 Å². The van der Waals surface area contributed by atoms with Crippen LogP contribution in [0.15, 0.2) is 41.1 Å². The number of nitrogens with zero attached hydrogens (tertiary/aromatic N) is 3. The zero-order valence-corrected chi connectivity index (χ0v) is 15.9. The summed E-state index contributed by atoms with van der Waals surface area (Å²) in [6.45, 7) is 4.60. The van der Waals surface area contributed by atoms with E-state index in [0.717, 1.165) is 54.4 Å². The van der Waals surface area contributed by atoms with E-state index in [1.165, 1.54) is 5.56 Å². The van der Waals surface area contributed by atoms with Crippen molar-refractivity contribution in [2.24, 2.45) is 0 Å². The fraction of sp³-hybridized carbons (Fsp3) is 0.333. The molecule has 0 unspecified atom stereocenters. The third-order valence-electron chi connectivity index (χ3n) is 5.01. The molecule has 4 rings (SSSR count). The second-order valence-corrected chi connectivity index (χ2v) is 6.69. The van der Waals surface area contributed by atoms with Crippen LogP contribution in [-0.4, -0.2) is 35.6 Å². The van der Waals surface area contributed by atoms with Crippen LogP contribution in [0, 0.1) is 6.92 Å². The minimum Gasteiger partial charge on any atom is -0.496 e. The minimum absolute atomic E-state index is 0.652. The molecule has 0 atom stereocenters. The Morgan fingerprint density at radius 3 is 2.81 bits per heavy atom. The summed E-state index contributed by atoms with van der Waals surface area (Å²) in [5.74, 6) is 3.10. The van der Waals surface area contributed by atoms with Crippen LogP contribution in [-0.2, 0) is 19.5 Å². The zero-order chi connectivity index (χ0) is 18.8. The van der Waals surface area contributed by atoms with Crippen LogP contribution in [0.3, 0.4) is 0 Å². The van der Waals surface area contributed by atoms with Gasteiger partial charge in [-0.05, 0) is 25.1 Å².